The first kappa shape index (κ1) is 17.5. The number of amides is 1. The number of fused-ring (bicyclic) bond motifs is 1. The van der Waals surface area contributed by atoms with E-state index in [0.29, 0.717) is 35.1 Å². The van der Waals surface area contributed by atoms with Gasteiger partial charge in [-0.15, -0.1) is 0 Å². The van der Waals surface area contributed by atoms with Crippen LogP contribution in [0.2, 0.25) is 5.02 Å². The van der Waals surface area contributed by atoms with E-state index < -0.39 is 4.92 Å². The fourth-order valence-corrected chi connectivity index (χ4v) is 3.52. The number of nitrogens with zero attached hydrogens (tertiary/aromatic N) is 3. The molecule has 0 spiro atoms. The molecule has 1 amide bonds. The summed E-state index contributed by atoms with van der Waals surface area (Å²) in [7, 11) is 0. The summed E-state index contributed by atoms with van der Waals surface area (Å²) in [5.74, 6) is 0.599. The summed E-state index contributed by atoms with van der Waals surface area (Å²) < 4.78 is 5.84. The molecule has 27 heavy (non-hydrogen) atoms. The largest absolute Gasteiger partial charge is 0.440 e. The Kier molecular flexibility index (Phi) is 4.53. The van der Waals surface area contributed by atoms with E-state index in [4.69, 9.17) is 16.0 Å². The van der Waals surface area contributed by atoms with Crippen molar-refractivity contribution in [2.45, 2.75) is 18.8 Å². The van der Waals surface area contributed by atoms with Crippen molar-refractivity contribution in [3.63, 3.8) is 0 Å². The number of benzene rings is 2. The first-order chi connectivity index (χ1) is 13.0. The van der Waals surface area contributed by atoms with E-state index in [1.165, 1.54) is 18.2 Å². The molecule has 2 heterocycles. The van der Waals surface area contributed by atoms with Gasteiger partial charge in [-0.1, -0.05) is 17.7 Å². The van der Waals surface area contributed by atoms with Crippen LogP contribution in [0.25, 0.3) is 11.1 Å². The summed E-state index contributed by atoms with van der Waals surface area (Å²) in [5, 5.41) is 11.5. The van der Waals surface area contributed by atoms with Gasteiger partial charge in [0.05, 0.1) is 4.92 Å². The number of carbonyl (C=O) groups is 1. The van der Waals surface area contributed by atoms with Crippen LogP contribution in [0.4, 0.5) is 5.69 Å². The molecule has 4 rings (SSSR count). The molecule has 0 N–H and O–H groups in total. The van der Waals surface area contributed by atoms with Gasteiger partial charge in [0.2, 0.25) is 0 Å². The van der Waals surface area contributed by atoms with Gasteiger partial charge < -0.3 is 9.32 Å². The maximum absolute atomic E-state index is 12.6. The Morgan fingerprint density at radius 2 is 2.00 bits per heavy atom. The highest BCUT2D eigenvalue weighted by atomic mass is 35.5. The van der Waals surface area contributed by atoms with Crippen molar-refractivity contribution in [2.24, 2.45) is 0 Å². The van der Waals surface area contributed by atoms with Gasteiger partial charge in [-0.25, -0.2) is 4.98 Å². The fraction of sp³-hybridized carbons (Fsp3) is 0.263. The summed E-state index contributed by atoms with van der Waals surface area (Å²) in [6.45, 7) is 1.09. The lowest BCUT2D eigenvalue weighted by molar-refractivity contribution is -0.384. The minimum Gasteiger partial charge on any atom is -0.440 e. The van der Waals surface area contributed by atoms with Gasteiger partial charge >= 0.3 is 0 Å². The molecule has 1 aliphatic rings. The summed E-state index contributed by atoms with van der Waals surface area (Å²) in [6, 6.07) is 11.2. The molecule has 0 aliphatic carbocycles. The number of nitro benzene ring substituents is 1. The lowest BCUT2D eigenvalue weighted by Gasteiger charge is -2.30. The van der Waals surface area contributed by atoms with Crippen LogP contribution >= 0.6 is 11.6 Å². The quantitative estimate of drug-likeness (QED) is 0.492. The average molecular weight is 386 g/mol. The molecule has 138 valence electrons. The van der Waals surface area contributed by atoms with Gasteiger partial charge in [0, 0.05) is 41.7 Å². The van der Waals surface area contributed by atoms with E-state index in [1.54, 1.807) is 29.2 Å². The number of oxazole rings is 1. The van der Waals surface area contributed by atoms with Gasteiger partial charge in [-0.2, -0.15) is 0 Å². The SMILES string of the molecule is O=C(c1cccc([N+](=O)[O-])c1)N1CCC(c2nc3cc(Cl)ccc3o2)CC1. The van der Waals surface area contributed by atoms with Gasteiger partial charge in [-0.05, 0) is 37.1 Å². The number of halogens is 1. The standard InChI is InChI=1S/C19H16ClN3O4/c20-14-4-5-17-16(11-14)21-18(27-17)12-6-8-22(9-7-12)19(24)13-2-1-3-15(10-13)23(25)26/h1-5,10-12H,6-9H2. The minimum absolute atomic E-state index is 0.0825. The van der Waals surface area contributed by atoms with Crippen molar-refractivity contribution < 1.29 is 14.1 Å². The molecule has 0 unspecified atom stereocenters. The second kappa shape index (κ2) is 7.00. The Morgan fingerprint density at radius 1 is 1.22 bits per heavy atom. The maximum Gasteiger partial charge on any atom is 0.270 e. The van der Waals surface area contributed by atoms with Crippen LogP contribution in [0.5, 0.6) is 0 Å². The maximum atomic E-state index is 12.6. The highest BCUT2D eigenvalue weighted by Gasteiger charge is 2.28. The topological polar surface area (TPSA) is 89.5 Å². The number of hydrogen-bond acceptors (Lipinski definition) is 5. The fourth-order valence-electron chi connectivity index (χ4n) is 3.36. The number of likely N-dealkylation sites (tertiary alicyclic amines) is 1. The van der Waals surface area contributed by atoms with Crippen LogP contribution in [0.1, 0.15) is 35.0 Å². The Balaban J connectivity index is 1.45. The molecule has 0 radical (unpaired) electrons. The number of nitro groups is 1. The number of hydrogen-bond donors (Lipinski definition) is 0. The molecule has 0 saturated carbocycles. The van der Waals surface area contributed by atoms with E-state index in [9.17, 15) is 14.9 Å². The van der Waals surface area contributed by atoms with Gasteiger partial charge in [0.1, 0.15) is 5.52 Å². The Labute approximate surface area is 159 Å². The van der Waals surface area contributed by atoms with E-state index >= 15 is 0 Å². The molecule has 0 bridgehead atoms. The number of rotatable bonds is 3. The summed E-state index contributed by atoms with van der Waals surface area (Å²) in [5.41, 5.74) is 1.68. The molecular formula is C19H16ClN3O4. The molecule has 1 aromatic heterocycles. The number of piperidine rings is 1. The second-order valence-corrected chi connectivity index (χ2v) is 6.97. The molecule has 1 aliphatic heterocycles. The Bertz CT molecular complexity index is 1020. The molecule has 1 saturated heterocycles. The third-order valence-electron chi connectivity index (χ3n) is 4.80. The molecule has 2 aromatic carbocycles. The van der Waals surface area contributed by atoms with E-state index in [0.717, 1.165) is 18.4 Å². The lowest BCUT2D eigenvalue weighted by atomic mass is 9.96. The molecule has 0 atom stereocenters. The first-order valence-electron chi connectivity index (χ1n) is 8.61. The van der Waals surface area contributed by atoms with Crippen molar-refractivity contribution in [1.29, 1.82) is 0 Å². The number of non-ortho nitro benzene ring substituents is 1. The summed E-state index contributed by atoms with van der Waals surface area (Å²) in [4.78, 5) is 29.3. The second-order valence-electron chi connectivity index (χ2n) is 6.54. The minimum atomic E-state index is -0.498. The predicted molar refractivity (Wildman–Crippen MR) is 100.0 cm³/mol. The van der Waals surface area contributed by atoms with E-state index in [-0.39, 0.29) is 17.5 Å². The summed E-state index contributed by atoms with van der Waals surface area (Å²) >= 11 is 5.99. The van der Waals surface area contributed by atoms with Gasteiger partial charge in [0.25, 0.3) is 11.6 Å². The monoisotopic (exact) mass is 385 g/mol. The van der Waals surface area contributed by atoms with Crippen LogP contribution in [-0.2, 0) is 0 Å². The number of carbonyl (C=O) groups excluding carboxylic acids is 1. The van der Waals surface area contributed by atoms with Crippen molar-refractivity contribution in [3.8, 4) is 0 Å². The first-order valence-corrected chi connectivity index (χ1v) is 8.99. The zero-order valence-electron chi connectivity index (χ0n) is 14.3. The van der Waals surface area contributed by atoms with Crippen LogP contribution in [-0.4, -0.2) is 33.8 Å². The molecule has 3 aromatic rings. The predicted octanol–water partition coefficient (Wildman–Crippen LogP) is 4.41. The molecular weight excluding hydrogens is 370 g/mol. The van der Waals surface area contributed by atoms with Gasteiger partial charge in [-0.3, -0.25) is 14.9 Å². The van der Waals surface area contributed by atoms with Crippen molar-refractivity contribution in [2.75, 3.05) is 13.1 Å². The average Bonchev–Trinajstić information content (AvgIpc) is 3.10. The molecule has 7 nitrogen and oxygen atoms in total. The zero-order chi connectivity index (χ0) is 19.0. The van der Waals surface area contributed by atoms with Crippen LogP contribution < -0.4 is 0 Å². The molecule has 1 fully saturated rings. The third-order valence-corrected chi connectivity index (χ3v) is 5.04. The Morgan fingerprint density at radius 3 is 2.74 bits per heavy atom. The lowest BCUT2D eigenvalue weighted by Crippen LogP contribution is -2.38. The number of aromatic nitrogens is 1. The third kappa shape index (κ3) is 3.50. The highest BCUT2D eigenvalue weighted by molar-refractivity contribution is 6.31. The van der Waals surface area contributed by atoms with Crippen molar-refractivity contribution in [1.82, 2.24) is 9.88 Å². The summed E-state index contributed by atoms with van der Waals surface area (Å²) in [6.07, 6.45) is 1.45. The van der Waals surface area contributed by atoms with E-state index in [2.05, 4.69) is 4.98 Å². The van der Waals surface area contributed by atoms with Crippen LogP contribution in [0, 0.1) is 10.1 Å². The van der Waals surface area contributed by atoms with Crippen LogP contribution in [0.15, 0.2) is 46.9 Å². The van der Waals surface area contributed by atoms with Crippen molar-refractivity contribution >= 4 is 34.3 Å². The molecule has 8 heteroatoms. The van der Waals surface area contributed by atoms with E-state index in [1.807, 2.05) is 0 Å². The Hall–Kier alpha value is -2.93. The smallest absolute Gasteiger partial charge is 0.270 e. The van der Waals surface area contributed by atoms with Crippen LogP contribution in [0.3, 0.4) is 0 Å². The van der Waals surface area contributed by atoms with Gasteiger partial charge in [0.15, 0.2) is 11.5 Å². The zero-order valence-corrected chi connectivity index (χ0v) is 15.1. The normalized spacial score (nSPS) is 15.2. The highest BCUT2D eigenvalue weighted by Crippen LogP contribution is 2.31. The van der Waals surface area contributed by atoms with Crippen molar-refractivity contribution in [3.05, 3.63) is 69.1 Å².